The molecule has 0 aliphatic heterocycles. The highest BCUT2D eigenvalue weighted by Crippen LogP contribution is 2.20. The third-order valence-electron chi connectivity index (χ3n) is 3.83. The van der Waals surface area contributed by atoms with Crippen molar-refractivity contribution >= 4 is 5.91 Å². The van der Waals surface area contributed by atoms with Gasteiger partial charge < -0.3 is 19.9 Å². The Hall–Kier alpha value is -0.650. The quantitative estimate of drug-likeness (QED) is 0.735. The SMILES string of the molecule is CN[C@H]1CC[C@H](OCC(=O)N(C)CCN(C)C)CC1. The number of nitrogens with zero attached hydrogens (tertiary/aromatic N) is 2. The van der Waals surface area contributed by atoms with Gasteiger partial charge in [0.2, 0.25) is 5.91 Å². The minimum atomic E-state index is 0.0811. The molecule has 1 aliphatic carbocycles. The molecule has 0 saturated heterocycles. The molecule has 1 amide bonds. The van der Waals surface area contributed by atoms with Gasteiger partial charge in [-0.1, -0.05) is 0 Å². The number of nitrogens with one attached hydrogen (secondary N) is 1. The summed E-state index contributed by atoms with van der Waals surface area (Å²) >= 11 is 0. The van der Waals surface area contributed by atoms with Crippen molar-refractivity contribution in [1.29, 1.82) is 0 Å². The number of carbonyl (C=O) groups excluding carboxylic acids is 1. The molecule has 0 heterocycles. The number of hydrogen-bond donors (Lipinski definition) is 1. The van der Waals surface area contributed by atoms with Crippen LogP contribution < -0.4 is 5.32 Å². The van der Waals surface area contributed by atoms with Gasteiger partial charge in [0.25, 0.3) is 0 Å². The fraction of sp³-hybridized carbons (Fsp3) is 0.929. The largest absolute Gasteiger partial charge is 0.368 e. The lowest BCUT2D eigenvalue weighted by atomic mass is 9.93. The van der Waals surface area contributed by atoms with E-state index in [0.29, 0.717) is 6.04 Å². The lowest BCUT2D eigenvalue weighted by molar-refractivity contribution is -0.137. The first-order valence-corrected chi connectivity index (χ1v) is 7.20. The van der Waals surface area contributed by atoms with Gasteiger partial charge in [-0.3, -0.25) is 4.79 Å². The van der Waals surface area contributed by atoms with Gasteiger partial charge in [-0.25, -0.2) is 0 Å². The fourth-order valence-corrected chi connectivity index (χ4v) is 2.29. The molecular formula is C14H29N3O2. The summed E-state index contributed by atoms with van der Waals surface area (Å²) in [4.78, 5) is 15.7. The lowest BCUT2D eigenvalue weighted by Gasteiger charge is -2.28. The highest BCUT2D eigenvalue weighted by molar-refractivity contribution is 5.77. The van der Waals surface area contributed by atoms with Crippen molar-refractivity contribution in [2.75, 3.05) is 47.9 Å². The van der Waals surface area contributed by atoms with Crippen molar-refractivity contribution in [3.63, 3.8) is 0 Å². The first-order valence-electron chi connectivity index (χ1n) is 7.20. The molecule has 0 aromatic rings. The molecule has 19 heavy (non-hydrogen) atoms. The first kappa shape index (κ1) is 16.4. The predicted octanol–water partition coefficient (Wildman–Crippen LogP) is 0.554. The monoisotopic (exact) mass is 271 g/mol. The summed E-state index contributed by atoms with van der Waals surface area (Å²) in [6.45, 7) is 1.86. The van der Waals surface area contributed by atoms with Crippen LogP contribution in [0.2, 0.25) is 0 Å². The molecule has 5 heteroatoms. The Labute approximate surface area is 117 Å². The molecule has 5 nitrogen and oxygen atoms in total. The average molecular weight is 271 g/mol. The summed E-state index contributed by atoms with van der Waals surface area (Å²) in [6.07, 6.45) is 4.66. The number of hydrogen-bond acceptors (Lipinski definition) is 4. The second-order valence-corrected chi connectivity index (χ2v) is 5.69. The number of rotatable bonds is 7. The molecule has 0 atom stereocenters. The van der Waals surface area contributed by atoms with Crippen LogP contribution >= 0.6 is 0 Å². The number of carbonyl (C=O) groups is 1. The van der Waals surface area contributed by atoms with Crippen LogP contribution in [0.1, 0.15) is 25.7 Å². The second-order valence-electron chi connectivity index (χ2n) is 5.69. The first-order chi connectivity index (χ1) is 9.02. The zero-order chi connectivity index (χ0) is 14.3. The maximum Gasteiger partial charge on any atom is 0.248 e. The zero-order valence-electron chi connectivity index (χ0n) is 12.8. The van der Waals surface area contributed by atoms with Gasteiger partial charge in [-0.2, -0.15) is 0 Å². The van der Waals surface area contributed by atoms with Crippen molar-refractivity contribution in [3.8, 4) is 0 Å². The van der Waals surface area contributed by atoms with E-state index in [1.165, 1.54) is 0 Å². The number of amides is 1. The predicted molar refractivity (Wildman–Crippen MR) is 77.2 cm³/mol. The molecule has 1 rings (SSSR count). The third-order valence-corrected chi connectivity index (χ3v) is 3.83. The number of likely N-dealkylation sites (N-methyl/N-ethyl adjacent to an activating group) is 2. The molecule has 0 spiro atoms. The van der Waals surface area contributed by atoms with Crippen LogP contribution in [-0.4, -0.2) is 75.7 Å². The smallest absolute Gasteiger partial charge is 0.248 e. The molecule has 0 bridgehead atoms. The van der Waals surface area contributed by atoms with Crippen LogP contribution in [0, 0.1) is 0 Å². The van der Waals surface area contributed by atoms with E-state index < -0.39 is 0 Å². The van der Waals surface area contributed by atoms with E-state index >= 15 is 0 Å². The van der Waals surface area contributed by atoms with Crippen LogP contribution in [0.4, 0.5) is 0 Å². The van der Waals surface area contributed by atoms with E-state index in [0.717, 1.165) is 38.8 Å². The van der Waals surface area contributed by atoms with Crippen molar-refractivity contribution < 1.29 is 9.53 Å². The summed E-state index contributed by atoms with van der Waals surface area (Å²) in [6, 6.07) is 0.623. The van der Waals surface area contributed by atoms with Gasteiger partial charge in [0.05, 0.1) is 6.10 Å². The van der Waals surface area contributed by atoms with Crippen molar-refractivity contribution in [2.24, 2.45) is 0 Å². The van der Waals surface area contributed by atoms with E-state index in [1.807, 2.05) is 28.2 Å². The van der Waals surface area contributed by atoms with Crippen LogP contribution in [0.25, 0.3) is 0 Å². The fourth-order valence-electron chi connectivity index (χ4n) is 2.29. The Morgan fingerprint density at radius 3 is 2.32 bits per heavy atom. The van der Waals surface area contributed by atoms with Gasteiger partial charge in [0, 0.05) is 26.2 Å². The summed E-state index contributed by atoms with van der Waals surface area (Å²) in [5.74, 6) is 0.0811. The van der Waals surface area contributed by atoms with Crippen molar-refractivity contribution in [3.05, 3.63) is 0 Å². The van der Waals surface area contributed by atoms with Gasteiger partial charge in [0.15, 0.2) is 0 Å². The maximum atomic E-state index is 11.9. The molecule has 0 unspecified atom stereocenters. The minimum absolute atomic E-state index is 0.0811. The van der Waals surface area contributed by atoms with Crippen LogP contribution in [0.5, 0.6) is 0 Å². The molecule has 112 valence electrons. The lowest BCUT2D eigenvalue weighted by Crippen LogP contribution is -2.38. The molecule has 0 aromatic carbocycles. The summed E-state index contributed by atoms with van der Waals surface area (Å²) in [5, 5.41) is 3.30. The van der Waals surface area contributed by atoms with E-state index in [-0.39, 0.29) is 18.6 Å². The summed E-state index contributed by atoms with van der Waals surface area (Å²) in [5.41, 5.74) is 0. The van der Waals surface area contributed by atoms with Crippen LogP contribution in [0.3, 0.4) is 0 Å². The molecule has 0 radical (unpaired) electrons. The van der Waals surface area contributed by atoms with Gasteiger partial charge in [-0.05, 0) is 46.8 Å². The highest BCUT2D eigenvalue weighted by atomic mass is 16.5. The summed E-state index contributed by atoms with van der Waals surface area (Å²) in [7, 11) is 7.87. The number of ether oxygens (including phenoxy) is 1. The second kappa shape index (κ2) is 8.51. The van der Waals surface area contributed by atoms with Gasteiger partial charge in [0.1, 0.15) is 6.61 Å². The maximum absolute atomic E-state index is 11.9. The Morgan fingerprint density at radius 2 is 1.79 bits per heavy atom. The van der Waals surface area contributed by atoms with Crippen molar-refractivity contribution in [2.45, 2.75) is 37.8 Å². The third kappa shape index (κ3) is 6.36. The average Bonchev–Trinajstić information content (AvgIpc) is 2.42. The Balaban J connectivity index is 2.16. The van der Waals surface area contributed by atoms with E-state index in [1.54, 1.807) is 4.90 Å². The molecule has 1 N–H and O–H groups in total. The molecule has 1 fully saturated rings. The van der Waals surface area contributed by atoms with Crippen molar-refractivity contribution in [1.82, 2.24) is 15.1 Å². The standard InChI is InChI=1S/C14H29N3O2/c1-15-12-5-7-13(8-6-12)19-11-14(18)17(4)10-9-16(2)3/h12-13,15H,5-11H2,1-4H3/t12-,13-. The molecule has 1 aliphatic rings. The Kier molecular flexibility index (Phi) is 7.34. The molecule has 0 aromatic heterocycles. The minimum Gasteiger partial charge on any atom is -0.368 e. The topological polar surface area (TPSA) is 44.8 Å². The van der Waals surface area contributed by atoms with E-state index in [4.69, 9.17) is 4.74 Å². The van der Waals surface area contributed by atoms with Crippen LogP contribution in [-0.2, 0) is 9.53 Å². The van der Waals surface area contributed by atoms with E-state index in [2.05, 4.69) is 10.2 Å². The van der Waals surface area contributed by atoms with Crippen LogP contribution in [0.15, 0.2) is 0 Å². The normalized spacial score (nSPS) is 23.6. The Morgan fingerprint density at radius 1 is 1.16 bits per heavy atom. The van der Waals surface area contributed by atoms with Gasteiger partial charge in [-0.15, -0.1) is 0 Å². The summed E-state index contributed by atoms with van der Waals surface area (Å²) < 4.78 is 5.73. The molecular weight excluding hydrogens is 242 g/mol. The Bertz CT molecular complexity index is 263. The van der Waals surface area contributed by atoms with Gasteiger partial charge >= 0.3 is 0 Å². The highest BCUT2D eigenvalue weighted by Gasteiger charge is 2.21. The molecule has 1 saturated carbocycles. The van der Waals surface area contributed by atoms with E-state index in [9.17, 15) is 4.79 Å². The zero-order valence-corrected chi connectivity index (χ0v) is 12.8.